The van der Waals surface area contributed by atoms with E-state index in [1.54, 1.807) is 12.3 Å². The minimum atomic E-state index is -3.67. The van der Waals surface area contributed by atoms with Gasteiger partial charge < -0.3 is 4.74 Å². The molecular weight excluding hydrogens is 418 g/mol. The number of imide groups is 1. The Bertz CT molecular complexity index is 1070. The lowest BCUT2D eigenvalue weighted by Gasteiger charge is -2.32. The molecular formula is C22H25N3O5S. The fourth-order valence-electron chi connectivity index (χ4n) is 3.99. The Morgan fingerprint density at radius 2 is 1.81 bits per heavy atom. The zero-order valence-electron chi connectivity index (χ0n) is 17.4. The van der Waals surface area contributed by atoms with Gasteiger partial charge in [0.05, 0.1) is 17.2 Å². The topological polar surface area (TPSA) is 96.9 Å². The van der Waals surface area contributed by atoms with Crippen molar-refractivity contribution in [1.29, 1.82) is 0 Å². The van der Waals surface area contributed by atoms with Crippen LogP contribution in [0.3, 0.4) is 0 Å². The molecule has 0 bridgehead atoms. The molecule has 2 aromatic rings. The minimum Gasteiger partial charge on any atom is -0.493 e. The van der Waals surface area contributed by atoms with Crippen LogP contribution in [-0.2, 0) is 19.6 Å². The van der Waals surface area contributed by atoms with Crippen molar-refractivity contribution in [3.63, 3.8) is 0 Å². The summed E-state index contributed by atoms with van der Waals surface area (Å²) in [5.74, 6) is 0.304. The standard InChI is InChI=1S/C22H25N3O5S/c1-16-13-19(10-11-23-16)30-15-17-3-2-12-24(14-17)31(28,29)20-6-4-18(5-7-20)25-21(26)8-9-22(25)27/h4-7,10-11,13,17H,2-3,8-9,12,14-15H2,1H3. The summed E-state index contributed by atoms with van der Waals surface area (Å²) in [5, 5.41) is 0. The highest BCUT2D eigenvalue weighted by Crippen LogP contribution is 2.28. The first-order valence-corrected chi connectivity index (χ1v) is 11.8. The Balaban J connectivity index is 1.43. The molecule has 0 aliphatic carbocycles. The molecule has 31 heavy (non-hydrogen) atoms. The van der Waals surface area contributed by atoms with Gasteiger partial charge in [-0.05, 0) is 50.1 Å². The average Bonchev–Trinajstić information content (AvgIpc) is 3.10. The Kier molecular flexibility index (Phi) is 6.06. The first-order chi connectivity index (χ1) is 14.8. The van der Waals surface area contributed by atoms with E-state index in [1.807, 2.05) is 13.0 Å². The molecule has 2 saturated heterocycles. The molecule has 0 N–H and O–H groups in total. The highest BCUT2D eigenvalue weighted by Gasteiger charge is 2.32. The molecule has 1 aromatic carbocycles. The van der Waals surface area contributed by atoms with Gasteiger partial charge in [0.25, 0.3) is 0 Å². The van der Waals surface area contributed by atoms with Gasteiger partial charge in [-0.1, -0.05) is 0 Å². The summed E-state index contributed by atoms with van der Waals surface area (Å²) in [6, 6.07) is 9.61. The second-order valence-corrected chi connectivity index (χ2v) is 9.87. The highest BCUT2D eigenvalue weighted by molar-refractivity contribution is 7.89. The monoisotopic (exact) mass is 443 g/mol. The largest absolute Gasteiger partial charge is 0.493 e. The van der Waals surface area contributed by atoms with Crippen LogP contribution in [0.15, 0.2) is 47.5 Å². The number of rotatable bonds is 6. The van der Waals surface area contributed by atoms with Gasteiger partial charge in [0.1, 0.15) is 5.75 Å². The van der Waals surface area contributed by atoms with Crippen LogP contribution in [-0.4, -0.2) is 49.2 Å². The van der Waals surface area contributed by atoms with Gasteiger partial charge >= 0.3 is 0 Å². The first kappa shape index (κ1) is 21.5. The predicted molar refractivity (Wildman–Crippen MR) is 114 cm³/mol. The van der Waals surface area contributed by atoms with Crippen LogP contribution in [0.1, 0.15) is 31.4 Å². The van der Waals surface area contributed by atoms with Crippen LogP contribution in [0.2, 0.25) is 0 Å². The van der Waals surface area contributed by atoms with Crippen molar-refractivity contribution >= 4 is 27.5 Å². The molecule has 8 nitrogen and oxygen atoms in total. The number of aryl methyl sites for hydroxylation is 1. The summed E-state index contributed by atoms with van der Waals surface area (Å²) in [6.07, 6.45) is 3.73. The maximum Gasteiger partial charge on any atom is 0.243 e. The number of carbonyl (C=O) groups excluding carboxylic acids is 2. The van der Waals surface area contributed by atoms with Gasteiger partial charge in [-0.15, -0.1) is 0 Å². The van der Waals surface area contributed by atoms with Crippen LogP contribution in [0.5, 0.6) is 5.75 Å². The lowest BCUT2D eigenvalue weighted by atomic mass is 10.0. The summed E-state index contributed by atoms with van der Waals surface area (Å²) in [6.45, 7) is 3.17. The third-order valence-electron chi connectivity index (χ3n) is 5.62. The number of hydrogen-bond donors (Lipinski definition) is 0. The van der Waals surface area contributed by atoms with E-state index in [2.05, 4.69) is 4.98 Å². The molecule has 3 heterocycles. The minimum absolute atomic E-state index is 0.0936. The number of piperidine rings is 1. The lowest BCUT2D eigenvalue weighted by molar-refractivity contribution is -0.121. The molecule has 2 aliphatic heterocycles. The van der Waals surface area contributed by atoms with Gasteiger partial charge in [-0.25, -0.2) is 8.42 Å². The highest BCUT2D eigenvalue weighted by atomic mass is 32.2. The average molecular weight is 444 g/mol. The van der Waals surface area contributed by atoms with Gasteiger partial charge in [-0.2, -0.15) is 4.31 Å². The van der Waals surface area contributed by atoms with E-state index in [0.717, 1.165) is 29.2 Å². The van der Waals surface area contributed by atoms with E-state index in [1.165, 1.54) is 28.6 Å². The van der Waals surface area contributed by atoms with E-state index in [4.69, 9.17) is 4.74 Å². The number of nitrogens with zero attached hydrogens (tertiary/aromatic N) is 3. The lowest BCUT2D eigenvalue weighted by Crippen LogP contribution is -2.41. The van der Waals surface area contributed by atoms with Crippen LogP contribution < -0.4 is 9.64 Å². The number of anilines is 1. The number of benzene rings is 1. The molecule has 4 rings (SSSR count). The van der Waals surface area contributed by atoms with Crippen molar-refractivity contribution in [3.8, 4) is 5.75 Å². The zero-order chi connectivity index (χ0) is 22.0. The number of aromatic nitrogens is 1. The van der Waals surface area contributed by atoms with Crippen LogP contribution in [0, 0.1) is 12.8 Å². The fraction of sp³-hybridized carbons (Fsp3) is 0.409. The Hall–Kier alpha value is -2.78. The number of amides is 2. The van der Waals surface area contributed by atoms with E-state index in [9.17, 15) is 18.0 Å². The van der Waals surface area contributed by atoms with E-state index >= 15 is 0 Å². The number of sulfonamides is 1. The number of pyridine rings is 1. The van der Waals surface area contributed by atoms with Crippen molar-refractivity contribution in [2.45, 2.75) is 37.5 Å². The summed E-state index contributed by atoms with van der Waals surface area (Å²) in [7, 11) is -3.67. The molecule has 0 saturated carbocycles. The number of carbonyl (C=O) groups is 2. The number of ether oxygens (including phenoxy) is 1. The quantitative estimate of drug-likeness (QED) is 0.637. The van der Waals surface area contributed by atoms with Gasteiger partial charge in [-0.3, -0.25) is 19.5 Å². The van der Waals surface area contributed by atoms with Crippen molar-refractivity contribution in [3.05, 3.63) is 48.3 Å². The molecule has 9 heteroatoms. The van der Waals surface area contributed by atoms with Crippen LogP contribution in [0.4, 0.5) is 5.69 Å². The maximum absolute atomic E-state index is 13.1. The number of hydrogen-bond acceptors (Lipinski definition) is 6. The normalized spacial score (nSPS) is 20.3. The van der Waals surface area contributed by atoms with Gasteiger partial charge in [0.2, 0.25) is 21.8 Å². The molecule has 1 aromatic heterocycles. The molecule has 2 amide bonds. The van der Waals surface area contributed by atoms with Gasteiger partial charge in [0.15, 0.2) is 0 Å². The molecule has 2 fully saturated rings. The third-order valence-corrected chi connectivity index (χ3v) is 7.50. The Labute approximate surface area is 181 Å². The molecule has 1 atom stereocenters. The second-order valence-electron chi connectivity index (χ2n) is 7.93. The third kappa shape index (κ3) is 4.62. The predicted octanol–water partition coefficient (Wildman–Crippen LogP) is 2.52. The van der Waals surface area contributed by atoms with E-state index in [-0.39, 0.29) is 35.5 Å². The van der Waals surface area contributed by atoms with E-state index in [0.29, 0.717) is 25.4 Å². The van der Waals surface area contributed by atoms with Crippen molar-refractivity contribution in [2.75, 3.05) is 24.6 Å². The maximum atomic E-state index is 13.1. The summed E-state index contributed by atoms with van der Waals surface area (Å²) >= 11 is 0. The summed E-state index contributed by atoms with van der Waals surface area (Å²) < 4.78 is 33.6. The molecule has 164 valence electrons. The molecule has 1 unspecified atom stereocenters. The van der Waals surface area contributed by atoms with Crippen molar-refractivity contribution < 1.29 is 22.7 Å². The van der Waals surface area contributed by atoms with E-state index < -0.39 is 10.0 Å². The van der Waals surface area contributed by atoms with Crippen LogP contribution >= 0.6 is 0 Å². The molecule has 0 radical (unpaired) electrons. The Morgan fingerprint density at radius 1 is 1.10 bits per heavy atom. The van der Waals surface area contributed by atoms with Crippen LogP contribution in [0.25, 0.3) is 0 Å². The summed E-state index contributed by atoms with van der Waals surface area (Å²) in [4.78, 5) is 29.2. The van der Waals surface area contributed by atoms with Gasteiger partial charge in [0, 0.05) is 49.8 Å². The SMILES string of the molecule is Cc1cc(OCC2CCCN(S(=O)(=O)c3ccc(N4C(=O)CCC4=O)cc3)C2)ccn1. The first-order valence-electron chi connectivity index (χ1n) is 10.4. The summed E-state index contributed by atoms with van der Waals surface area (Å²) in [5.41, 5.74) is 1.27. The molecule has 0 spiro atoms. The molecule has 2 aliphatic rings. The zero-order valence-corrected chi connectivity index (χ0v) is 18.2. The Morgan fingerprint density at radius 3 is 2.48 bits per heavy atom. The second kappa shape index (κ2) is 8.76. The van der Waals surface area contributed by atoms with Crippen molar-refractivity contribution in [1.82, 2.24) is 9.29 Å². The van der Waals surface area contributed by atoms with Crippen molar-refractivity contribution in [2.24, 2.45) is 5.92 Å². The smallest absolute Gasteiger partial charge is 0.243 e. The fourth-order valence-corrected chi connectivity index (χ4v) is 5.54.